The van der Waals surface area contributed by atoms with Crippen molar-refractivity contribution in [1.29, 1.82) is 0 Å². The van der Waals surface area contributed by atoms with Crippen molar-refractivity contribution in [3.05, 3.63) is 11.6 Å². The molecule has 0 aromatic heterocycles. The maximum Gasteiger partial charge on any atom is 0.331 e. The van der Waals surface area contributed by atoms with Crippen LogP contribution < -0.4 is 0 Å². The maximum absolute atomic E-state index is 10.5. The highest BCUT2D eigenvalue weighted by Gasteiger charge is 2.20. The summed E-state index contributed by atoms with van der Waals surface area (Å²) in [6.07, 6.45) is 1.58. The molecule has 3 heteroatoms. The van der Waals surface area contributed by atoms with Gasteiger partial charge in [-0.3, -0.25) is 0 Å². The lowest BCUT2D eigenvalue weighted by Crippen LogP contribution is -2.11. The van der Waals surface area contributed by atoms with E-state index in [1.807, 2.05) is 6.92 Å². The standard InChI is InChI=1S/C6H7IO2/c1-4-2-6(8)9-5(4)3-7/h2,5H,3H2,1H3/t5-/m1/s1. The van der Waals surface area contributed by atoms with E-state index in [2.05, 4.69) is 22.6 Å². The summed E-state index contributed by atoms with van der Waals surface area (Å²) in [7, 11) is 0. The second kappa shape index (κ2) is 2.68. The van der Waals surface area contributed by atoms with E-state index in [9.17, 15) is 4.79 Å². The van der Waals surface area contributed by atoms with Gasteiger partial charge in [0.1, 0.15) is 6.10 Å². The molecular formula is C6H7IO2. The van der Waals surface area contributed by atoms with Crippen LogP contribution in [-0.4, -0.2) is 16.5 Å². The molecule has 0 unspecified atom stereocenters. The molecule has 0 fully saturated rings. The number of ether oxygens (including phenoxy) is 1. The first-order chi connectivity index (χ1) is 4.24. The molecule has 0 aromatic rings. The summed E-state index contributed by atoms with van der Waals surface area (Å²) in [6.45, 7) is 1.91. The van der Waals surface area contributed by atoms with Crippen molar-refractivity contribution in [3.63, 3.8) is 0 Å². The number of halogens is 1. The summed E-state index contributed by atoms with van der Waals surface area (Å²) in [6, 6.07) is 0. The van der Waals surface area contributed by atoms with Crippen molar-refractivity contribution in [2.75, 3.05) is 4.43 Å². The van der Waals surface area contributed by atoms with Crippen LogP contribution in [0, 0.1) is 0 Å². The van der Waals surface area contributed by atoms with E-state index in [4.69, 9.17) is 4.74 Å². The Morgan fingerprint density at radius 3 is 2.78 bits per heavy atom. The third-order valence-electron chi connectivity index (χ3n) is 1.25. The Balaban J connectivity index is 2.64. The van der Waals surface area contributed by atoms with Crippen LogP contribution >= 0.6 is 22.6 Å². The van der Waals surface area contributed by atoms with Gasteiger partial charge >= 0.3 is 5.97 Å². The Kier molecular flexibility index (Phi) is 2.10. The van der Waals surface area contributed by atoms with Gasteiger partial charge in [-0.15, -0.1) is 0 Å². The molecule has 0 amide bonds. The van der Waals surface area contributed by atoms with Crippen LogP contribution in [0.1, 0.15) is 6.92 Å². The highest BCUT2D eigenvalue weighted by atomic mass is 127. The first-order valence-electron chi connectivity index (χ1n) is 2.69. The van der Waals surface area contributed by atoms with Crippen molar-refractivity contribution in [2.45, 2.75) is 13.0 Å². The summed E-state index contributed by atoms with van der Waals surface area (Å²) < 4.78 is 5.74. The average Bonchev–Trinajstić information content (AvgIpc) is 2.10. The van der Waals surface area contributed by atoms with Crippen molar-refractivity contribution >= 4 is 28.6 Å². The highest BCUT2D eigenvalue weighted by Crippen LogP contribution is 2.16. The van der Waals surface area contributed by atoms with Gasteiger partial charge in [0.2, 0.25) is 0 Å². The Morgan fingerprint density at radius 2 is 2.56 bits per heavy atom. The monoisotopic (exact) mass is 238 g/mol. The molecule has 1 aliphatic heterocycles. The molecule has 2 nitrogen and oxygen atoms in total. The van der Waals surface area contributed by atoms with Crippen LogP contribution in [0.5, 0.6) is 0 Å². The van der Waals surface area contributed by atoms with Gasteiger partial charge in [0.25, 0.3) is 0 Å². The molecule has 0 aliphatic carbocycles. The van der Waals surface area contributed by atoms with Gasteiger partial charge in [-0.05, 0) is 12.5 Å². The van der Waals surface area contributed by atoms with Crippen molar-refractivity contribution in [3.8, 4) is 0 Å². The van der Waals surface area contributed by atoms with Crippen LogP contribution in [0.15, 0.2) is 11.6 Å². The van der Waals surface area contributed by atoms with Crippen LogP contribution in [0.4, 0.5) is 0 Å². The molecule has 0 spiro atoms. The lowest BCUT2D eigenvalue weighted by Gasteiger charge is -2.05. The molecule has 0 aromatic carbocycles. The minimum atomic E-state index is -0.200. The number of cyclic esters (lactones) is 1. The number of carbonyl (C=O) groups excluding carboxylic acids is 1. The second-order valence-corrected chi connectivity index (χ2v) is 2.85. The van der Waals surface area contributed by atoms with Crippen LogP contribution in [0.25, 0.3) is 0 Å². The van der Waals surface area contributed by atoms with Crippen LogP contribution in [-0.2, 0) is 9.53 Å². The fraction of sp³-hybridized carbons (Fsp3) is 0.500. The fourth-order valence-corrected chi connectivity index (χ4v) is 1.57. The van der Waals surface area contributed by atoms with Gasteiger partial charge in [0.15, 0.2) is 0 Å². The Morgan fingerprint density at radius 1 is 1.89 bits per heavy atom. The summed E-state index contributed by atoms with van der Waals surface area (Å²) in [5.41, 5.74) is 1.04. The zero-order valence-electron chi connectivity index (χ0n) is 5.06. The SMILES string of the molecule is CC1=CC(=O)O[C@@H]1CI. The topological polar surface area (TPSA) is 26.3 Å². The molecule has 0 bridgehead atoms. The number of rotatable bonds is 1. The van der Waals surface area contributed by atoms with E-state index < -0.39 is 0 Å². The lowest BCUT2D eigenvalue weighted by atomic mass is 10.2. The van der Waals surface area contributed by atoms with Crippen molar-refractivity contribution in [1.82, 2.24) is 0 Å². The number of hydrogen-bond donors (Lipinski definition) is 0. The van der Waals surface area contributed by atoms with E-state index in [1.54, 1.807) is 6.08 Å². The van der Waals surface area contributed by atoms with E-state index in [0.29, 0.717) is 0 Å². The number of alkyl halides is 1. The first kappa shape index (κ1) is 7.05. The molecule has 50 valence electrons. The Bertz CT molecular complexity index is 162. The smallest absolute Gasteiger partial charge is 0.331 e. The molecule has 0 saturated heterocycles. The molecule has 1 aliphatic rings. The predicted octanol–water partition coefficient (Wildman–Crippen LogP) is 1.29. The second-order valence-electron chi connectivity index (χ2n) is 1.97. The average molecular weight is 238 g/mol. The van der Waals surface area contributed by atoms with E-state index in [-0.39, 0.29) is 12.1 Å². The van der Waals surface area contributed by atoms with Gasteiger partial charge in [-0.25, -0.2) is 4.79 Å². The normalized spacial score (nSPS) is 25.8. The molecule has 0 N–H and O–H groups in total. The van der Waals surface area contributed by atoms with Gasteiger partial charge in [-0.1, -0.05) is 22.6 Å². The largest absolute Gasteiger partial charge is 0.454 e. The summed E-state index contributed by atoms with van der Waals surface area (Å²) in [4.78, 5) is 10.5. The minimum Gasteiger partial charge on any atom is -0.454 e. The molecule has 1 rings (SSSR count). The summed E-state index contributed by atoms with van der Waals surface area (Å²) in [5.74, 6) is -0.200. The molecular weight excluding hydrogens is 231 g/mol. The minimum absolute atomic E-state index is 0.0399. The van der Waals surface area contributed by atoms with Crippen LogP contribution in [0.3, 0.4) is 0 Å². The first-order valence-corrected chi connectivity index (χ1v) is 4.21. The van der Waals surface area contributed by atoms with Crippen molar-refractivity contribution < 1.29 is 9.53 Å². The Labute approximate surface area is 67.4 Å². The summed E-state index contributed by atoms with van der Waals surface area (Å²) in [5, 5.41) is 0. The zero-order chi connectivity index (χ0) is 6.85. The molecule has 9 heavy (non-hydrogen) atoms. The lowest BCUT2D eigenvalue weighted by molar-refractivity contribution is -0.137. The van der Waals surface area contributed by atoms with Crippen molar-refractivity contribution in [2.24, 2.45) is 0 Å². The van der Waals surface area contributed by atoms with E-state index >= 15 is 0 Å². The fourth-order valence-electron chi connectivity index (χ4n) is 0.699. The van der Waals surface area contributed by atoms with Gasteiger partial charge in [-0.2, -0.15) is 0 Å². The zero-order valence-corrected chi connectivity index (χ0v) is 7.21. The molecule has 0 radical (unpaired) electrons. The van der Waals surface area contributed by atoms with Gasteiger partial charge in [0, 0.05) is 10.5 Å². The highest BCUT2D eigenvalue weighted by molar-refractivity contribution is 14.1. The van der Waals surface area contributed by atoms with Crippen LogP contribution in [0.2, 0.25) is 0 Å². The number of hydrogen-bond acceptors (Lipinski definition) is 2. The summed E-state index contributed by atoms with van der Waals surface area (Å²) >= 11 is 2.20. The van der Waals surface area contributed by atoms with E-state index in [0.717, 1.165) is 10.0 Å². The maximum atomic E-state index is 10.5. The predicted molar refractivity (Wildman–Crippen MR) is 42.5 cm³/mol. The molecule has 0 saturated carbocycles. The third kappa shape index (κ3) is 1.44. The third-order valence-corrected chi connectivity index (χ3v) is 2.05. The Hall–Kier alpha value is -0.0600. The number of carbonyl (C=O) groups is 1. The molecule has 1 heterocycles. The van der Waals surface area contributed by atoms with Gasteiger partial charge in [0.05, 0.1) is 0 Å². The quantitative estimate of drug-likeness (QED) is 0.391. The molecule has 1 atom stereocenters. The number of esters is 1. The van der Waals surface area contributed by atoms with Gasteiger partial charge < -0.3 is 4.74 Å². The van der Waals surface area contributed by atoms with E-state index in [1.165, 1.54) is 0 Å².